The number of allylic oxidation sites excluding steroid dienone is 2. The van der Waals surface area contributed by atoms with Gasteiger partial charge in [0, 0.05) is 32.1 Å². The van der Waals surface area contributed by atoms with E-state index in [0.717, 1.165) is 24.8 Å². The molecular weight excluding hydrogens is 318 g/mol. The largest absolute Gasteiger partial charge is 0.365 e. The number of piperazine rings is 1. The lowest BCUT2D eigenvalue weighted by atomic mass is 9.93. The summed E-state index contributed by atoms with van der Waals surface area (Å²) in [5, 5.41) is 8.34. The fourth-order valence-corrected chi connectivity index (χ4v) is 3.53. The molecule has 2 heterocycles. The van der Waals surface area contributed by atoms with Crippen LogP contribution in [0.4, 0.5) is 5.82 Å². The third kappa shape index (κ3) is 3.50. The zero-order valence-electron chi connectivity index (χ0n) is 14.9. The molecule has 2 amide bonds. The SMILES string of the molecule is Cc1nnc(N2CCN(C(=O)C3CC=CCC3)CC2)c(C(N)=O)c1C. The van der Waals surface area contributed by atoms with Crippen LogP contribution in [0.25, 0.3) is 0 Å². The van der Waals surface area contributed by atoms with Gasteiger partial charge >= 0.3 is 0 Å². The predicted molar refractivity (Wildman–Crippen MR) is 95.3 cm³/mol. The molecular formula is C18H25N5O2. The highest BCUT2D eigenvalue weighted by Gasteiger charge is 2.29. The summed E-state index contributed by atoms with van der Waals surface area (Å²) in [6.07, 6.45) is 7.01. The van der Waals surface area contributed by atoms with Crippen molar-refractivity contribution in [1.82, 2.24) is 15.1 Å². The van der Waals surface area contributed by atoms with E-state index in [2.05, 4.69) is 22.3 Å². The second kappa shape index (κ2) is 7.21. The summed E-state index contributed by atoms with van der Waals surface area (Å²) in [6, 6.07) is 0. The molecule has 0 saturated carbocycles. The second-order valence-corrected chi connectivity index (χ2v) is 6.77. The molecule has 1 aliphatic carbocycles. The Kier molecular flexibility index (Phi) is 5.01. The van der Waals surface area contributed by atoms with Gasteiger partial charge in [-0.25, -0.2) is 0 Å². The summed E-state index contributed by atoms with van der Waals surface area (Å²) in [4.78, 5) is 28.4. The summed E-state index contributed by atoms with van der Waals surface area (Å²) >= 11 is 0. The highest BCUT2D eigenvalue weighted by molar-refractivity contribution is 5.99. The monoisotopic (exact) mass is 343 g/mol. The summed E-state index contributed by atoms with van der Waals surface area (Å²) in [7, 11) is 0. The molecule has 1 unspecified atom stereocenters. The lowest BCUT2D eigenvalue weighted by Crippen LogP contribution is -2.51. The van der Waals surface area contributed by atoms with Crippen molar-refractivity contribution in [3.8, 4) is 0 Å². The van der Waals surface area contributed by atoms with Crippen LogP contribution < -0.4 is 10.6 Å². The summed E-state index contributed by atoms with van der Waals surface area (Å²) < 4.78 is 0. The van der Waals surface area contributed by atoms with E-state index >= 15 is 0 Å². The minimum Gasteiger partial charge on any atom is -0.365 e. The minimum absolute atomic E-state index is 0.110. The van der Waals surface area contributed by atoms with Crippen LogP contribution in [0.3, 0.4) is 0 Å². The van der Waals surface area contributed by atoms with E-state index in [-0.39, 0.29) is 11.8 Å². The van der Waals surface area contributed by atoms with Crippen LogP contribution in [-0.2, 0) is 4.79 Å². The first-order chi connectivity index (χ1) is 12.0. The number of primary amides is 1. The van der Waals surface area contributed by atoms with Gasteiger partial charge in [-0.2, -0.15) is 5.10 Å². The number of carbonyl (C=O) groups excluding carboxylic acids is 2. The molecule has 0 spiro atoms. The van der Waals surface area contributed by atoms with Gasteiger partial charge < -0.3 is 15.5 Å². The van der Waals surface area contributed by atoms with Gasteiger partial charge in [0.2, 0.25) is 5.91 Å². The molecule has 7 nitrogen and oxygen atoms in total. The average Bonchev–Trinajstić information content (AvgIpc) is 2.64. The van der Waals surface area contributed by atoms with Crippen LogP contribution in [0.2, 0.25) is 0 Å². The first kappa shape index (κ1) is 17.4. The van der Waals surface area contributed by atoms with E-state index in [9.17, 15) is 9.59 Å². The molecule has 2 N–H and O–H groups in total. The van der Waals surface area contributed by atoms with E-state index in [4.69, 9.17) is 5.73 Å². The second-order valence-electron chi connectivity index (χ2n) is 6.77. The van der Waals surface area contributed by atoms with Gasteiger partial charge in [-0.15, -0.1) is 5.10 Å². The van der Waals surface area contributed by atoms with Crippen molar-refractivity contribution in [3.05, 3.63) is 29.0 Å². The number of aryl methyl sites for hydroxylation is 1. The van der Waals surface area contributed by atoms with E-state index in [1.54, 1.807) is 0 Å². The van der Waals surface area contributed by atoms with Gasteiger partial charge in [0.1, 0.15) is 0 Å². The molecule has 1 aromatic heterocycles. The van der Waals surface area contributed by atoms with Crippen LogP contribution in [0, 0.1) is 19.8 Å². The highest BCUT2D eigenvalue weighted by Crippen LogP contribution is 2.25. The molecule has 2 aliphatic rings. The maximum Gasteiger partial charge on any atom is 0.252 e. The number of hydrogen-bond acceptors (Lipinski definition) is 5. The number of anilines is 1. The molecule has 1 aromatic rings. The van der Waals surface area contributed by atoms with E-state index in [1.807, 2.05) is 23.6 Å². The van der Waals surface area contributed by atoms with Gasteiger partial charge in [0.05, 0.1) is 11.3 Å². The quantitative estimate of drug-likeness (QED) is 0.833. The normalized spacial score (nSPS) is 20.6. The van der Waals surface area contributed by atoms with Crippen molar-refractivity contribution in [3.63, 3.8) is 0 Å². The van der Waals surface area contributed by atoms with Crippen molar-refractivity contribution in [2.24, 2.45) is 11.7 Å². The predicted octanol–water partition coefficient (Wildman–Crippen LogP) is 1.20. The Labute approximate surface area is 147 Å². The molecule has 7 heteroatoms. The van der Waals surface area contributed by atoms with Crippen LogP contribution in [0.15, 0.2) is 12.2 Å². The Bertz CT molecular complexity index is 708. The first-order valence-corrected chi connectivity index (χ1v) is 8.81. The molecule has 25 heavy (non-hydrogen) atoms. The van der Waals surface area contributed by atoms with Gasteiger partial charge in [-0.1, -0.05) is 12.2 Å². The number of nitrogens with two attached hydrogens (primary N) is 1. The number of nitrogens with zero attached hydrogens (tertiary/aromatic N) is 4. The summed E-state index contributed by atoms with van der Waals surface area (Å²) in [5.74, 6) is 0.394. The Balaban J connectivity index is 1.70. The summed E-state index contributed by atoms with van der Waals surface area (Å²) in [6.45, 7) is 6.17. The molecule has 0 bridgehead atoms. The number of carbonyl (C=O) groups is 2. The van der Waals surface area contributed by atoms with Crippen LogP contribution >= 0.6 is 0 Å². The van der Waals surface area contributed by atoms with Crippen LogP contribution in [0.5, 0.6) is 0 Å². The Morgan fingerprint density at radius 2 is 1.84 bits per heavy atom. The molecule has 1 fully saturated rings. The molecule has 0 aromatic carbocycles. The van der Waals surface area contributed by atoms with Crippen molar-refractivity contribution in [2.45, 2.75) is 33.1 Å². The average molecular weight is 343 g/mol. The highest BCUT2D eigenvalue weighted by atomic mass is 16.2. The smallest absolute Gasteiger partial charge is 0.252 e. The fourth-order valence-electron chi connectivity index (χ4n) is 3.53. The lowest BCUT2D eigenvalue weighted by Gasteiger charge is -2.37. The number of hydrogen-bond donors (Lipinski definition) is 1. The van der Waals surface area contributed by atoms with Gasteiger partial charge in [-0.3, -0.25) is 9.59 Å². The molecule has 1 atom stereocenters. The molecule has 3 rings (SSSR count). The third-order valence-electron chi connectivity index (χ3n) is 5.19. The molecule has 0 radical (unpaired) electrons. The van der Waals surface area contributed by atoms with Crippen LogP contribution in [-0.4, -0.2) is 53.1 Å². The number of rotatable bonds is 3. The van der Waals surface area contributed by atoms with Crippen molar-refractivity contribution in [1.29, 1.82) is 0 Å². The van der Waals surface area contributed by atoms with Crippen molar-refractivity contribution in [2.75, 3.05) is 31.1 Å². The minimum atomic E-state index is -0.488. The zero-order valence-corrected chi connectivity index (χ0v) is 14.9. The fraction of sp³-hybridized carbons (Fsp3) is 0.556. The van der Waals surface area contributed by atoms with Gasteiger partial charge in [0.15, 0.2) is 5.82 Å². The molecule has 1 aliphatic heterocycles. The topological polar surface area (TPSA) is 92.4 Å². The summed E-state index contributed by atoms with van der Waals surface area (Å²) in [5.41, 5.74) is 7.47. The standard InChI is InChI=1S/C18H25N5O2/c1-12-13(2)20-21-17(15(12)16(19)24)22-8-10-23(11-9-22)18(25)14-6-4-3-5-7-14/h3-4,14H,5-11H2,1-2H3,(H2,19,24). The van der Waals surface area contributed by atoms with Gasteiger partial charge in [0.25, 0.3) is 5.91 Å². The molecule has 1 saturated heterocycles. The Morgan fingerprint density at radius 3 is 2.44 bits per heavy atom. The van der Waals surface area contributed by atoms with Gasteiger partial charge in [-0.05, 0) is 38.7 Å². The zero-order chi connectivity index (χ0) is 18.0. The van der Waals surface area contributed by atoms with E-state index in [1.165, 1.54) is 0 Å². The number of aromatic nitrogens is 2. The third-order valence-corrected chi connectivity index (χ3v) is 5.19. The molecule has 134 valence electrons. The van der Waals surface area contributed by atoms with Crippen molar-refractivity contribution >= 4 is 17.6 Å². The maximum absolute atomic E-state index is 12.6. The van der Waals surface area contributed by atoms with Crippen LogP contribution in [0.1, 0.15) is 40.9 Å². The lowest BCUT2D eigenvalue weighted by molar-refractivity contribution is -0.136. The number of amides is 2. The van der Waals surface area contributed by atoms with E-state index < -0.39 is 5.91 Å². The maximum atomic E-state index is 12.6. The Morgan fingerprint density at radius 1 is 1.12 bits per heavy atom. The van der Waals surface area contributed by atoms with Crippen molar-refractivity contribution < 1.29 is 9.59 Å². The van der Waals surface area contributed by atoms with E-state index in [0.29, 0.717) is 43.3 Å². The Hall–Kier alpha value is -2.44. The first-order valence-electron chi connectivity index (χ1n) is 8.81.